The van der Waals surface area contributed by atoms with Gasteiger partial charge in [0.25, 0.3) is 0 Å². The lowest BCUT2D eigenvalue weighted by Crippen LogP contribution is -2.36. The zero-order valence-electron chi connectivity index (χ0n) is 9.47. The van der Waals surface area contributed by atoms with E-state index in [2.05, 4.69) is 5.16 Å². The number of carbonyl (C=O) groups is 1. The quantitative estimate of drug-likeness (QED) is 0.905. The summed E-state index contributed by atoms with van der Waals surface area (Å²) < 4.78 is 5.20. The molecule has 1 aromatic heterocycles. The van der Waals surface area contributed by atoms with E-state index < -0.39 is 12.0 Å². The topological polar surface area (TPSA) is 66.6 Å². The Kier molecular flexibility index (Phi) is 2.63. The van der Waals surface area contributed by atoms with E-state index in [-0.39, 0.29) is 0 Å². The molecule has 6 heteroatoms. The number of carboxylic acid groups (broad SMARTS) is 1. The van der Waals surface area contributed by atoms with Gasteiger partial charge >= 0.3 is 5.97 Å². The van der Waals surface area contributed by atoms with Crippen LogP contribution in [0, 0.1) is 0 Å². The van der Waals surface area contributed by atoms with E-state index in [9.17, 15) is 9.90 Å². The van der Waals surface area contributed by atoms with Crippen molar-refractivity contribution in [2.45, 2.75) is 18.9 Å². The van der Waals surface area contributed by atoms with Crippen molar-refractivity contribution in [3.63, 3.8) is 0 Å². The van der Waals surface area contributed by atoms with E-state index >= 15 is 0 Å². The molecule has 1 fully saturated rings. The normalized spacial score (nSPS) is 19.6. The predicted molar refractivity (Wildman–Crippen MR) is 67.0 cm³/mol. The summed E-state index contributed by atoms with van der Waals surface area (Å²) in [6.07, 6.45) is 1.47. The number of halogens is 1. The van der Waals surface area contributed by atoms with Crippen LogP contribution in [0.25, 0.3) is 11.0 Å². The highest BCUT2D eigenvalue weighted by molar-refractivity contribution is 6.31. The van der Waals surface area contributed by atoms with Crippen LogP contribution in [0.1, 0.15) is 12.8 Å². The number of hydrogen-bond acceptors (Lipinski definition) is 4. The summed E-state index contributed by atoms with van der Waals surface area (Å²) in [6.45, 7) is 0.672. The number of aromatic nitrogens is 1. The van der Waals surface area contributed by atoms with Crippen molar-refractivity contribution in [2.24, 2.45) is 0 Å². The minimum atomic E-state index is -0.828. The fraction of sp³-hybridized carbons (Fsp3) is 0.333. The molecule has 18 heavy (non-hydrogen) atoms. The third-order valence-corrected chi connectivity index (χ3v) is 3.46. The molecule has 2 heterocycles. The molecule has 1 aromatic carbocycles. The van der Waals surface area contributed by atoms with Gasteiger partial charge in [-0.25, -0.2) is 4.79 Å². The number of nitrogens with zero attached hydrogens (tertiary/aromatic N) is 2. The van der Waals surface area contributed by atoms with Crippen LogP contribution in [0.2, 0.25) is 5.02 Å². The molecule has 0 saturated carbocycles. The van der Waals surface area contributed by atoms with Gasteiger partial charge in [-0.1, -0.05) is 16.8 Å². The van der Waals surface area contributed by atoms with E-state index in [4.69, 9.17) is 16.1 Å². The molecule has 0 radical (unpaired) electrons. The van der Waals surface area contributed by atoms with Crippen LogP contribution in [-0.4, -0.2) is 28.8 Å². The average Bonchev–Trinajstić information content (AvgIpc) is 2.92. The SMILES string of the molecule is O=C(O)[C@H]1CCCN1c1noc2ccc(Cl)cc12. The number of aliphatic carboxylic acids is 1. The smallest absolute Gasteiger partial charge is 0.326 e. The molecule has 3 rings (SSSR count). The summed E-state index contributed by atoms with van der Waals surface area (Å²) in [6, 6.07) is 4.68. The van der Waals surface area contributed by atoms with Crippen LogP contribution >= 0.6 is 11.6 Å². The number of benzene rings is 1. The van der Waals surface area contributed by atoms with Crippen LogP contribution in [0.3, 0.4) is 0 Å². The molecule has 2 aromatic rings. The number of carboxylic acids is 1. The average molecular weight is 267 g/mol. The summed E-state index contributed by atoms with van der Waals surface area (Å²) in [5.74, 6) is -0.261. The number of hydrogen-bond donors (Lipinski definition) is 1. The highest BCUT2D eigenvalue weighted by Crippen LogP contribution is 2.33. The Morgan fingerprint density at radius 1 is 1.56 bits per heavy atom. The van der Waals surface area contributed by atoms with Crippen molar-refractivity contribution in [1.82, 2.24) is 5.16 Å². The van der Waals surface area contributed by atoms with Crippen LogP contribution in [0.4, 0.5) is 5.82 Å². The second-order valence-corrected chi connectivity index (χ2v) is 4.77. The van der Waals surface area contributed by atoms with E-state index in [0.29, 0.717) is 29.4 Å². The molecule has 1 saturated heterocycles. The zero-order valence-corrected chi connectivity index (χ0v) is 10.2. The number of anilines is 1. The standard InChI is InChI=1S/C12H11ClN2O3/c13-7-3-4-10-8(6-7)11(14-18-10)15-5-1-2-9(15)12(16)17/h3-4,6,9H,1-2,5H2,(H,16,17)/t9-/m1/s1. The summed E-state index contributed by atoms with van der Waals surface area (Å²) in [4.78, 5) is 13.0. The fourth-order valence-electron chi connectivity index (χ4n) is 2.38. The molecule has 1 N–H and O–H groups in total. The molecule has 0 bridgehead atoms. The Bertz CT molecular complexity index is 610. The molecule has 0 spiro atoms. The Labute approximate surface area is 108 Å². The summed E-state index contributed by atoms with van der Waals surface area (Å²) >= 11 is 5.95. The highest BCUT2D eigenvalue weighted by Gasteiger charge is 2.33. The van der Waals surface area contributed by atoms with Gasteiger partial charge in [0.15, 0.2) is 11.4 Å². The van der Waals surface area contributed by atoms with Crippen LogP contribution in [-0.2, 0) is 4.79 Å². The largest absolute Gasteiger partial charge is 0.480 e. The summed E-state index contributed by atoms with van der Waals surface area (Å²) in [5, 5.41) is 14.5. The molecule has 1 atom stereocenters. The van der Waals surface area contributed by atoms with Crippen molar-refractivity contribution in [3.8, 4) is 0 Å². The molecule has 0 aliphatic carbocycles. The van der Waals surface area contributed by atoms with Crippen molar-refractivity contribution in [3.05, 3.63) is 23.2 Å². The number of fused-ring (bicyclic) bond motifs is 1. The minimum Gasteiger partial charge on any atom is -0.480 e. The fourth-order valence-corrected chi connectivity index (χ4v) is 2.55. The summed E-state index contributed by atoms with van der Waals surface area (Å²) in [5.41, 5.74) is 0.616. The van der Waals surface area contributed by atoms with E-state index in [1.54, 1.807) is 23.1 Å². The molecule has 94 valence electrons. The third kappa shape index (κ3) is 1.71. The molecular weight excluding hydrogens is 256 g/mol. The van der Waals surface area contributed by atoms with Crippen LogP contribution in [0.15, 0.2) is 22.7 Å². The first kappa shape index (κ1) is 11.3. The monoisotopic (exact) mass is 266 g/mol. The van der Waals surface area contributed by atoms with Crippen LogP contribution < -0.4 is 4.90 Å². The van der Waals surface area contributed by atoms with Crippen molar-refractivity contribution in [2.75, 3.05) is 11.4 Å². The Morgan fingerprint density at radius 2 is 2.39 bits per heavy atom. The van der Waals surface area contributed by atoms with Crippen molar-refractivity contribution < 1.29 is 14.4 Å². The van der Waals surface area contributed by atoms with Crippen molar-refractivity contribution in [1.29, 1.82) is 0 Å². The molecule has 0 unspecified atom stereocenters. The van der Waals surface area contributed by atoms with E-state index in [1.165, 1.54) is 0 Å². The predicted octanol–water partition coefficient (Wildman–Crippen LogP) is 2.53. The minimum absolute atomic E-state index is 0.530. The van der Waals surface area contributed by atoms with Gasteiger partial charge < -0.3 is 14.5 Å². The van der Waals surface area contributed by atoms with Gasteiger partial charge in [-0.3, -0.25) is 0 Å². The maximum Gasteiger partial charge on any atom is 0.326 e. The van der Waals surface area contributed by atoms with E-state index in [0.717, 1.165) is 11.8 Å². The van der Waals surface area contributed by atoms with Crippen molar-refractivity contribution >= 4 is 34.4 Å². The van der Waals surface area contributed by atoms with Gasteiger partial charge in [0, 0.05) is 11.6 Å². The van der Waals surface area contributed by atoms with Gasteiger partial charge in [0.05, 0.1) is 5.39 Å². The third-order valence-electron chi connectivity index (χ3n) is 3.22. The number of rotatable bonds is 2. The first-order chi connectivity index (χ1) is 8.66. The van der Waals surface area contributed by atoms with Gasteiger partial charge in [-0.05, 0) is 31.0 Å². The first-order valence-corrected chi connectivity index (χ1v) is 6.09. The van der Waals surface area contributed by atoms with E-state index in [1.807, 2.05) is 0 Å². The Morgan fingerprint density at radius 3 is 3.17 bits per heavy atom. The van der Waals surface area contributed by atoms with Crippen LogP contribution in [0.5, 0.6) is 0 Å². The van der Waals surface area contributed by atoms with Gasteiger partial charge in [0.1, 0.15) is 6.04 Å². The molecule has 0 amide bonds. The second-order valence-electron chi connectivity index (χ2n) is 4.34. The molecule has 1 aliphatic heterocycles. The lowest BCUT2D eigenvalue weighted by atomic mass is 10.2. The maximum atomic E-state index is 11.2. The molecule has 1 aliphatic rings. The lowest BCUT2D eigenvalue weighted by molar-refractivity contribution is -0.138. The lowest BCUT2D eigenvalue weighted by Gasteiger charge is -2.20. The van der Waals surface area contributed by atoms with Gasteiger partial charge in [-0.15, -0.1) is 0 Å². The van der Waals surface area contributed by atoms with Gasteiger partial charge in [0.2, 0.25) is 0 Å². The zero-order chi connectivity index (χ0) is 12.7. The second kappa shape index (κ2) is 4.17. The summed E-state index contributed by atoms with van der Waals surface area (Å²) in [7, 11) is 0. The highest BCUT2D eigenvalue weighted by atomic mass is 35.5. The maximum absolute atomic E-state index is 11.2. The molecular formula is C12H11ClN2O3. The Balaban J connectivity index is 2.08. The Hall–Kier alpha value is -1.75. The first-order valence-electron chi connectivity index (χ1n) is 5.71. The molecule has 5 nitrogen and oxygen atoms in total. The van der Waals surface area contributed by atoms with Gasteiger partial charge in [-0.2, -0.15) is 0 Å².